The molecule has 36 heavy (non-hydrogen) atoms. The highest BCUT2D eigenvalue weighted by Gasteiger charge is 2.47. The maximum atomic E-state index is 12.1. The van der Waals surface area contributed by atoms with Crippen LogP contribution in [0.25, 0.3) is 11.2 Å². The standard InChI is InChI=1S/C15H23N6O12P3/c1-2-3-4-5-20-34(24,25)32-36(28,29)33-35(26,27)30-6-9-11(22)12(23)15(31-9)21-8-19-10-13(16)17-7-18-14(10)21/h1,7-9,11-12,15,22-23H,3-6H2,(H,26,27)(H,28,29)(H2,16,17,18)(H2,20,24,25)/t9-,11-,12-,15-/m1/s1. The highest BCUT2D eigenvalue weighted by Crippen LogP contribution is 2.66. The van der Waals surface area contributed by atoms with E-state index in [9.17, 15) is 38.6 Å². The molecule has 21 heteroatoms. The number of terminal acetylenes is 1. The number of nitrogens with one attached hydrogen (secondary N) is 1. The van der Waals surface area contributed by atoms with Gasteiger partial charge in [-0.3, -0.25) is 9.09 Å². The molecule has 3 rings (SSSR count). The predicted octanol–water partition coefficient (Wildman–Crippen LogP) is -0.618. The monoisotopic (exact) mass is 572 g/mol. The molecule has 1 fully saturated rings. The number of phosphoric acid groups is 2. The van der Waals surface area contributed by atoms with E-state index in [1.807, 2.05) is 5.09 Å². The topological polar surface area (TPSA) is 271 Å². The van der Waals surface area contributed by atoms with Crippen molar-refractivity contribution >= 4 is 40.4 Å². The minimum absolute atomic E-state index is 0.0517. The average Bonchev–Trinajstić information content (AvgIpc) is 3.31. The van der Waals surface area contributed by atoms with Gasteiger partial charge in [-0.05, 0) is 6.42 Å². The van der Waals surface area contributed by atoms with Crippen molar-refractivity contribution in [1.29, 1.82) is 0 Å². The normalized spacial score (nSPS) is 27.2. The Bertz CT molecular complexity index is 1270. The summed E-state index contributed by atoms with van der Waals surface area (Å²) in [5.74, 6) is 2.32. The van der Waals surface area contributed by atoms with Gasteiger partial charge < -0.3 is 35.4 Å². The molecule has 0 aromatic carbocycles. The molecule has 200 valence electrons. The van der Waals surface area contributed by atoms with Crippen LogP contribution in [0.2, 0.25) is 0 Å². The van der Waals surface area contributed by atoms with Gasteiger partial charge in [0.25, 0.3) is 0 Å². The zero-order valence-electron chi connectivity index (χ0n) is 18.2. The molecule has 7 atom stereocenters. The van der Waals surface area contributed by atoms with E-state index >= 15 is 0 Å². The quantitative estimate of drug-likeness (QED) is 0.0948. The number of hydrogen-bond donors (Lipinski definition) is 7. The number of anilines is 1. The molecule has 0 saturated carbocycles. The Morgan fingerprint density at radius 2 is 1.86 bits per heavy atom. The number of ether oxygens (including phenoxy) is 1. The lowest BCUT2D eigenvalue weighted by Crippen LogP contribution is -2.33. The number of phosphoric ester groups is 1. The number of unbranched alkanes of at least 4 members (excludes halogenated alkanes) is 1. The second-order valence-corrected chi connectivity index (χ2v) is 12.1. The van der Waals surface area contributed by atoms with E-state index in [-0.39, 0.29) is 36.4 Å². The van der Waals surface area contributed by atoms with E-state index in [4.69, 9.17) is 16.9 Å². The van der Waals surface area contributed by atoms with Crippen LogP contribution >= 0.6 is 23.4 Å². The average molecular weight is 572 g/mol. The summed E-state index contributed by atoms with van der Waals surface area (Å²) < 4.78 is 55.2. The van der Waals surface area contributed by atoms with Gasteiger partial charge in [-0.25, -0.2) is 33.7 Å². The van der Waals surface area contributed by atoms with Crippen LogP contribution < -0.4 is 10.8 Å². The molecule has 1 aliphatic heterocycles. The van der Waals surface area contributed by atoms with Gasteiger partial charge in [0.05, 0.1) is 12.9 Å². The Kier molecular flexibility index (Phi) is 9.03. The Hall–Kier alpha value is -1.80. The van der Waals surface area contributed by atoms with Crippen molar-refractivity contribution in [2.75, 3.05) is 18.9 Å². The summed E-state index contributed by atoms with van der Waals surface area (Å²) in [5, 5.41) is 22.6. The summed E-state index contributed by atoms with van der Waals surface area (Å²) in [6.07, 6.45) is 1.90. The fourth-order valence-electron chi connectivity index (χ4n) is 3.07. The van der Waals surface area contributed by atoms with Gasteiger partial charge in [-0.2, -0.15) is 8.62 Å². The molecular formula is C15H23N6O12P3. The van der Waals surface area contributed by atoms with Gasteiger partial charge >= 0.3 is 23.4 Å². The number of imidazole rings is 1. The summed E-state index contributed by atoms with van der Waals surface area (Å²) >= 11 is 0. The zero-order chi connectivity index (χ0) is 26.7. The molecule has 18 nitrogen and oxygen atoms in total. The molecule has 2 aromatic heterocycles. The number of nitrogens with two attached hydrogens (primary N) is 1. The number of aliphatic hydroxyl groups excluding tert-OH is 2. The molecule has 3 heterocycles. The van der Waals surface area contributed by atoms with Gasteiger partial charge in [0.15, 0.2) is 17.7 Å². The summed E-state index contributed by atoms with van der Waals surface area (Å²) in [4.78, 5) is 40.7. The molecule has 3 unspecified atom stereocenters. The Balaban J connectivity index is 1.60. The fourth-order valence-corrected chi connectivity index (χ4v) is 6.81. The maximum Gasteiger partial charge on any atom is 0.489 e. The van der Waals surface area contributed by atoms with Crippen LogP contribution in [-0.2, 0) is 31.6 Å². The molecule has 0 bridgehead atoms. The van der Waals surface area contributed by atoms with Gasteiger partial charge in [-0.15, -0.1) is 12.3 Å². The number of aromatic nitrogens is 4. The number of nitrogen functional groups attached to an aromatic ring is 1. The highest BCUT2D eigenvalue weighted by molar-refractivity contribution is 7.67. The van der Waals surface area contributed by atoms with Gasteiger partial charge in [0.2, 0.25) is 0 Å². The molecule has 0 spiro atoms. The van der Waals surface area contributed by atoms with E-state index in [2.05, 4.69) is 34.0 Å². The number of rotatable bonds is 12. The molecule has 0 radical (unpaired) electrons. The van der Waals surface area contributed by atoms with Crippen LogP contribution in [-0.4, -0.2) is 75.9 Å². The minimum Gasteiger partial charge on any atom is -0.387 e. The summed E-state index contributed by atoms with van der Waals surface area (Å²) in [6.45, 7) is -1.09. The third-order valence-electron chi connectivity index (χ3n) is 4.63. The van der Waals surface area contributed by atoms with Crippen LogP contribution in [0.15, 0.2) is 12.7 Å². The molecule has 0 amide bonds. The second kappa shape index (κ2) is 11.3. The number of fused-ring (bicyclic) bond motifs is 1. The minimum atomic E-state index is -5.61. The van der Waals surface area contributed by atoms with Crippen LogP contribution in [0.4, 0.5) is 5.82 Å². The third kappa shape index (κ3) is 7.15. The first-order chi connectivity index (χ1) is 16.8. The van der Waals surface area contributed by atoms with Gasteiger partial charge in [0, 0.05) is 13.0 Å². The molecule has 1 aliphatic rings. The van der Waals surface area contributed by atoms with Crippen molar-refractivity contribution in [1.82, 2.24) is 24.6 Å². The molecule has 1 saturated heterocycles. The van der Waals surface area contributed by atoms with Crippen molar-refractivity contribution < 1.29 is 56.5 Å². The smallest absolute Gasteiger partial charge is 0.387 e. The molecular weight excluding hydrogens is 549 g/mol. The lowest BCUT2D eigenvalue weighted by atomic mass is 10.1. The number of nitrogens with zero attached hydrogens (tertiary/aromatic N) is 4. The van der Waals surface area contributed by atoms with Crippen molar-refractivity contribution in [2.24, 2.45) is 0 Å². The van der Waals surface area contributed by atoms with E-state index in [1.54, 1.807) is 0 Å². The molecule has 8 N–H and O–H groups in total. The largest absolute Gasteiger partial charge is 0.489 e. The SMILES string of the molecule is C#CCCCNP(=O)(O)OP(=O)(O)OP(=O)(O)OC[C@H]1O[C@@H](n2cnc3c(N)ncnc32)[C@H](O)[C@@H]1O. The first kappa shape index (κ1) is 28.8. The Labute approximate surface area is 203 Å². The lowest BCUT2D eigenvalue weighted by Gasteiger charge is -2.20. The van der Waals surface area contributed by atoms with Crippen LogP contribution in [0, 0.1) is 12.3 Å². The van der Waals surface area contributed by atoms with Crippen molar-refractivity contribution in [2.45, 2.75) is 37.4 Å². The second-order valence-electron chi connectivity index (χ2n) is 7.26. The first-order valence-electron chi connectivity index (χ1n) is 9.94. The van der Waals surface area contributed by atoms with Crippen LogP contribution in [0.1, 0.15) is 19.1 Å². The fraction of sp³-hybridized carbons (Fsp3) is 0.533. The molecule has 2 aromatic rings. The number of hydrogen-bond acceptors (Lipinski definition) is 13. The van der Waals surface area contributed by atoms with E-state index in [0.717, 1.165) is 6.33 Å². The highest BCUT2D eigenvalue weighted by atomic mass is 31.3. The van der Waals surface area contributed by atoms with Crippen LogP contribution in [0.5, 0.6) is 0 Å². The van der Waals surface area contributed by atoms with E-state index in [0.29, 0.717) is 0 Å². The van der Waals surface area contributed by atoms with Gasteiger partial charge in [-0.1, -0.05) is 0 Å². The Morgan fingerprint density at radius 1 is 1.14 bits per heavy atom. The summed E-state index contributed by atoms with van der Waals surface area (Å²) in [5.41, 5.74) is 6.07. The van der Waals surface area contributed by atoms with Crippen molar-refractivity contribution in [3.8, 4) is 12.3 Å². The lowest BCUT2D eigenvalue weighted by molar-refractivity contribution is -0.0503. The number of aliphatic hydroxyl groups is 2. The summed E-state index contributed by atoms with van der Waals surface area (Å²) in [7, 11) is -16.0. The maximum absolute atomic E-state index is 12.1. The van der Waals surface area contributed by atoms with Crippen molar-refractivity contribution in [3.63, 3.8) is 0 Å². The zero-order valence-corrected chi connectivity index (χ0v) is 20.9. The molecule has 0 aliphatic carbocycles. The van der Waals surface area contributed by atoms with Crippen LogP contribution in [0.3, 0.4) is 0 Å². The Morgan fingerprint density at radius 3 is 2.56 bits per heavy atom. The predicted molar refractivity (Wildman–Crippen MR) is 119 cm³/mol. The van der Waals surface area contributed by atoms with Gasteiger partial charge in [0.1, 0.15) is 30.2 Å². The van der Waals surface area contributed by atoms with E-state index < -0.39 is 54.5 Å². The third-order valence-corrected chi connectivity index (χ3v) is 9.09. The first-order valence-corrected chi connectivity index (χ1v) is 14.5. The van der Waals surface area contributed by atoms with E-state index in [1.165, 1.54) is 10.9 Å². The van der Waals surface area contributed by atoms with Crippen molar-refractivity contribution in [3.05, 3.63) is 12.7 Å². The summed E-state index contributed by atoms with van der Waals surface area (Å²) in [6, 6.07) is 0.